The Bertz CT molecular complexity index is 1170. The van der Waals surface area contributed by atoms with Crippen molar-refractivity contribution in [1.29, 1.82) is 0 Å². The molecule has 0 radical (unpaired) electrons. The molecule has 1 aliphatic rings. The minimum absolute atomic E-state index is 0.0129. The molecular weight excluding hydrogens is 509 g/mol. The lowest BCUT2D eigenvalue weighted by Crippen LogP contribution is -2.42. The van der Waals surface area contributed by atoms with Crippen LogP contribution in [0.1, 0.15) is 57.4 Å². The third-order valence-corrected chi connectivity index (χ3v) is 7.19. The second-order valence-corrected chi connectivity index (χ2v) is 10.9. The zero-order valence-corrected chi connectivity index (χ0v) is 21.2. The van der Waals surface area contributed by atoms with E-state index in [9.17, 15) is 26.7 Å². The molecule has 35 heavy (non-hydrogen) atoms. The lowest BCUT2D eigenvalue weighted by Gasteiger charge is -2.40. The summed E-state index contributed by atoms with van der Waals surface area (Å²) in [6.45, 7) is 8.08. The number of benzene rings is 1. The van der Waals surface area contributed by atoms with Crippen LogP contribution < -0.4 is 9.62 Å². The second-order valence-electron chi connectivity index (χ2n) is 8.28. The number of hydrogen-bond acceptors (Lipinski definition) is 10. The summed E-state index contributed by atoms with van der Waals surface area (Å²) in [4.78, 5) is 2.03. The van der Waals surface area contributed by atoms with Crippen LogP contribution in [-0.4, -0.2) is 47.9 Å². The summed E-state index contributed by atoms with van der Waals surface area (Å²) in [5.74, 6) is 0. The molecule has 1 aliphatic heterocycles. The van der Waals surface area contributed by atoms with Crippen LogP contribution in [0, 0.1) is 0 Å². The molecule has 0 saturated heterocycles. The van der Waals surface area contributed by atoms with E-state index in [2.05, 4.69) is 20.4 Å². The molecule has 10 nitrogen and oxygen atoms in total. The maximum absolute atomic E-state index is 13.1. The lowest BCUT2D eigenvalue weighted by molar-refractivity contribution is -0.103. The Hall–Kier alpha value is -2.36. The van der Waals surface area contributed by atoms with Crippen LogP contribution in [0.3, 0.4) is 0 Å². The maximum atomic E-state index is 13.1. The predicted molar refractivity (Wildman–Crippen MR) is 126 cm³/mol. The Labute approximate surface area is 205 Å². The number of alkyl halides is 3. The second kappa shape index (κ2) is 10.7. The number of aliphatic hydroxyl groups is 1. The number of anilines is 2. The predicted octanol–water partition coefficient (Wildman–Crippen LogP) is 5.18. The molecule has 0 amide bonds. The Balaban J connectivity index is 2.01. The van der Waals surface area contributed by atoms with Crippen molar-refractivity contribution in [2.75, 3.05) is 16.2 Å². The number of nitrogens with zero attached hydrogens (tertiary/aromatic N) is 5. The minimum atomic E-state index is -5.70. The van der Waals surface area contributed by atoms with E-state index in [0.29, 0.717) is 25.1 Å². The number of fused-ring (bicyclic) bond motifs is 1. The van der Waals surface area contributed by atoms with Crippen molar-refractivity contribution in [1.82, 2.24) is 10.2 Å². The first-order valence-corrected chi connectivity index (χ1v) is 13.2. The van der Waals surface area contributed by atoms with E-state index >= 15 is 0 Å². The maximum Gasteiger partial charge on any atom is 0.516 e. The summed E-state index contributed by atoms with van der Waals surface area (Å²) in [6.07, 6.45) is 0.839. The molecule has 0 bridgehead atoms. The van der Waals surface area contributed by atoms with Gasteiger partial charge in [0.1, 0.15) is 5.69 Å². The molecule has 3 rings (SSSR count). The monoisotopic (exact) mass is 536 g/mol. The first kappa shape index (κ1) is 27.2. The summed E-state index contributed by atoms with van der Waals surface area (Å²) in [5, 5.41) is 25.5. The molecule has 0 saturated carbocycles. The Kier molecular flexibility index (Phi) is 8.34. The highest BCUT2D eigenvalue weighted by Crippen LogP contribution is 2.41. The molecule has 1 aromatic carbocycles. The zero-order chi connectivity index (χ0) is 26.0. The van der Waals surface area contributed by atoms with E-state index in [1.54, 1.807) is 4.72 Å². The largest absolute Gasteiger partial charge is 0.516 e. The first-order chi connectivity index (χ1) is 16.3. The third-order valence-electron chi connectivity index (χ3n) is 5.25. The Morgan fingerprint density at radius 1 is 1.31 bits per heavy atom. The van der Waals surface area contributed by atoms with Crippen molar-refractivity contribution in [3.63, 3.8) is 0 Å². The lowest BCUT2D eigenvalue weighted by atomic mass is 9.94. The van der Waals surface area contributed by atoms with Gasteiger partial charge in [0.05, 0.1) is 5.69 Å². The molecule has 2 atom stereocenters. The van der Waals surface area contributed by atoms with Crippen molar-refractivity contribution >= 4 is 43.6 Å². The van der Waals surface area contributed by atoms with Crippen molar-refractivity contribution < 1.29 is 31.4 Å². The van der Waals surface area contributed by atoms with Gasteiger partial charge in [-0.05, 0) is 57.7 Å². The third kappa shape index (κ3) is 6.26. The fraction of sp³-hybridized carbons (Fsp3) is 0.600. The van der Waals surface area contributed by atoms with Gasteiger partial charge < -0.3 is 14.7 Å². The van der Waals surface area contributed by atoms with Crippen LogP contribution in [0.15, 0.2) is 22.4 Å². The SMILES string of the molecule is CCCOC(O)c1nnc(N=Nc2cc3c(cc2NS(=O)(=O)C(F)(F)F)N(C(C)C)C(C)CC3)s1. The number of aromatic nitrogens is 2. The first-order valence-electron chi connectivity index (χ1n) is 10.9. The fourth-order valence-electron chi connectivity index (χ4n) is 3.72. The van der Waals surface area contributed by atoms with E-state index in [1.165, 1.54) is 12.1 Å². The number of nitrogens with one attached hydrogen (secondary N) is 1. The molecule has 194 valence electrons. The van der Waals surface area contributed by atoms with Crippen molar-refractivity contribution in [2.24, 2.45) is 10.2 Å². The number of aliphatic hydroxyl groups excluding tert-OH is 1. The zero-order valence-electron chi connectivity index (χ0n) is 19.6. The van der Waals surface area contributed by atoms with E-state index in [0.717, 1.165) is 23.3 Å². The molecule has 0 spiro atoms. The van der Waals surface area contributed by atoms with Gasteiger partial charge in [0, 0.05) is 24.4 Å². The molecule has 2 heterocycles. The van der Waals surface area contributed by atoms with Gasteiger partial charge in [-0.15, -0.1) is 20.4 Å². The average molecular weight is 537 g/mol. The number of halogens is 3. The molecule has 2 unspecified atom stereocenters. The van der Waals surface area contributed by atoms with E-state index < -0.39 is 21.8 Å². The van der Waals surface area contributed by atoms with Gasteiger partial charge in [0.25, 0.3) is 5.13 Å². The quantitative estimate of drug-likeness (QED) is 0.334. The molecule has 0 aliphatic carbocycles. The van der Waals surface area contributed by atoms with E-state index in [4.69, 9.17) is 4.74 Å². The number of rotatable bonds is 9. The van der Waals surface area contributed by atoms with E-state index in [-0.39, 0.29) is 33.6 Å². The van der Waals surface area contributed by atoms with Gasteiger partial charge >= 0.3 is 15.5 Å². The number of hydrogen-bond donors (Lipinski definition) is 2. The van der Waals surface area contributed by atoms with Gasteiger partial charge in [0.15, 0.2) is 5.01 Å². The minimum Gasteiger partial charge on any atom is -0.366 e. The smallest absolute Gasteiger partial charge is 0.366 e. The molecule has 1 aromatic heterocycles. The number of sulfonamides is 1. The van der Waals surface area contributed by atoms with Crippen molar-refractivity contribution in [3.8, 4) is 0 Å². The summed E-state index contributed by atoms with van der Waals surface area (Å²) in [7, 11) is -5.70. The molecule has 2 N–H and O–H groups in total. The Morgan fingerprint density at radius 3 is 2.66 bits per heavy atom. The van der Waals surface area contributed by atoms with Crippen LogP contribution >= 0.6 is 11.3 Å². The topological polar surface area (TPSA) is 129 Å². The van der Waals surface area contributed by atoms with Crippen LogP contribution in [0.25, 0.3) is 0 Å². The highest BCUT2D eigenvalue weighted by Gasteiger charge is 2.46. The standard InChI is InChI=1S/C20H27F3N6O4S2/c1-5-8-33-18(30)17-25-27-19(34-17)26-24-14-9-13-7-6-12(4)29(11(2)3)16(13)10-15(14)28-35(31,32)20(21,22)23/h9-12,18,28,30H,5-8H2,1-4H3. The highest BCUT2D eigenvalue weighted by atomic mass is 32.2. The van der Waals surface area contributed by atoms with E-state index in [1.807, 2.05) is 32.6 Å². The average Bonchev–Trinajstić information content (AvgIpc) is 3.24. The van der Waals surface area contributed by atoms with Crippen LogP contribution in [0.4, 0.5) is 35.4 Å². The number of azo groups is 1. The molecular formula is C20H27F3N6O4S2. The summed E-state index contributed by atoms with van der Waals surface area (Å²) in [6, 6.07) is 3.03. The molecule has 2 aromatic rings. The normalized spacial score (nSPS) is 17.7. The number of ether oxygens (including phenoxy) is 1. The van der Waals surface area contributed by atoms with Crippen LogP contribution in [0.5, 0.6) is 0 Å². The summed E-state index contributed by atoms with van der Waals surface area (Å²) < 4.78 is 69.8. The van der Waals surface area contributed by atoms with Crippen molar-refractivity contribution in [2.45, 2.75) is 70.8 Å². The molecule has 0 fully saturated rings. The van der Waals surface area contributed by atoms with Gasteiger partial charge in [-0.25, -0.2) is 0 Å². The summed E-state index contributed by atoms with van der Waals surface area (Å²) in [5.41, 5.74) is -4.53. The molecule has 15 heteroatoms. The highest BCUT2D eigenvalue weighted by molar-refractivity contribution is 7.93. The van der Waals surface area contributed by atoms with Crippen LogP contribution in [-0.2, 0) is 21.2 Å². The van der Waals surface area contributed by atoms with Gasteiger partial charge in [0.2, 0.25) is 6.29 Å². The van der Waals surface area contributed by atoms with Crippen molar-refractivity contribution in [3.05, 3.63) is 22.7 Å². The summed E-state index contributed by atoms with van der Waals surface area (Å²) >= 11 is 0.883. The van der Waals surface area contributed by atoms with Gasteiger partial charge in [-0.2, -0.15) is 21.6 Å². The Morgan fingerprint density at radius 2 is 2.03 bits per heavy atom. The van der Waals surface area contributed by atoms with Gasteiger partial charge in [-0.1, -0.05) is 18.3 Å². The van der Waals surface area contributed by atoms with Gasteiger partial charge in [-0.3, -0.25) is 4.72 Å². The van der Waals surface area contributed by atoms with Crippen LogP contribution in [0.2, 0.25) is 0 Å². The number of aryl methyl sites for hydroxylation is 1. The fourth-order valence-corrected chi connectivity index (χ4v) is 4.89.